The first-order valence-electron chi connectivity index (χ1n) is 6.34. The molecule has 0 saturated carbocycles. The van der Waals surface area contributed by atoms with Crippen molar-refractivity contribution in [1.82, 2.24) is 0 Å². The monoisotopic (exact) mass is 262 g/mol. The molecule has 0 aromatic carbocycles. The predicted octanol–water partition coefficient (Wildman–Crippen LogP) is 2.63. The first kappa shape index (κ1) is 16.5. The molecule has 0 heterocycles. The number of carbonyl (C=O) groups is 1. The summed E-state index contributed by atoms with van der Waals surface area (Å²) in [6.45, 7) is 4.59. The number of unbranched alkanes of at least 4 members (excludes halogenated alkanes) is 2. The lowest BCUT2D eigenvalue weighted by molar-refractivity contribution is -0.869. The van der Waals surface area contributed by atoms with Gasteiger partial charge in [0.2, 0.25) is 0 Å². The van der Waals surface area contributed by atoms with Crippen LogP contribution < -0.4 is 5.26 Å². The van der Waals surface area contributed by atoms with E-state index in [0.29, 0.717) is 0 Å². The molecule has 6 nitrogen and oxygen atoms in total. The minimum Gasteiger partial charge on any atom is -0.628 e. The van der Waals surface area contributed by atoms with E-state index in [9.17, 15) is 10.1 Å². The van der Waals surface area contributed by atoms with Crippen LogP contribution in [-0.2, 0) is 9.47 Å². The Kier molecular flexibility index (Phi) is 9.81. The molecule has 0 aromatic heterocycles. The van der Waals surface area contributed by atoms with Gasteiger partial charge in [-0.05, 0) is 18.8 Å². The summed E-state index contributed by atoms with van der Waals surface area (Å²) in [5.41, 5.74) is 0. The van der Waals surface area contributed by atoms with E-state index in [2.05, 4.69) is 23.2 Å². The molecule has 18 heavy (non-hydrogen) atoms. The maximum atomic E-state index is 10.1. The standard InChI is InChI=1S/C12H22O6/c1-3-10(4-2)8-6-5-7-9-16-12(18-15)17-11(13)14/h10H,3-9H2,1-2H3,(H,13,14). The molecule has 0 radical (unpaired) electrons. The average Bonchev–Trinajstić information content (AvgIpc) is 2.36. The van der Waals surface area contributed by atoms with Gasteiger partial charge in [0, 0.05) is 0 Å². The third-order valence-electron chi connectivity index (χ3n) is 2.87. The molecule has 0 aliphatic heterocycles. The van der Waals surface area contributed by atoms with E-state index in [0.717, 1.165) is 25.2 Å². The van der Waals surface area contributed by atoms with Crippen LogP contribution in [0.25, 0.3) is 0 Å². The maximum Gasteiger partial charge on any atom is 0.735 e. The maximum absolute atomic E-state index is 10.1. The van der Waals surface area contributed by atoms with E-state index in [1.165, 1.54) is 19.3 Å². The lowest BCUT2D eigenvalue weighted by atomic mass is 9.96. The van der Waals surface area contributed by atoms with Gasteiger partial charge < -0.3 is 15.1 Å². The van der Waals surface area contributed by atoms with E-state index in [4.69, 9.17) is 9.84 Å². The van der Waals surface area contributed by atoms with Crippen LogP contribution in [0.1, 0.15) is 52.4 Å². The number of ether oxygens (including phenoxy) is 2. The summed E-state index contributed by atoms with van der Waals surface area (Å²) in [4.78, 5) is 10.1. The Morgan fingerprint density at radius 1 is 1.28 bits per heavy atom. The molecule has 0 rings (SSSR count). The Bertz CT molecular complexity index is 247. The Balaban J connectivity index is 3.52. The summed E-state index contributed by atoms with van der Waals surface area (Å²) in [6, 6.07) is 0. The molecule has 0 fully saturated rings. The molecule has 0 aliphatic rings. The first-order valence-corrected chi connectivity index (χ1v) is 6.34. The second-order valence-corrected chi connectivity index (χ2v) is 4.08. The number of carboxylic acid groups (broad SMARTS) is 1. The van der Waals surface area contributed by atoms with Crippen molar-refractivity contribution in [3.63, 3.8) is 0 Å². The summed E-state index contributed by atoms with van der Waals surface area (Å²) < 4.78 is 12.1. The van der Waals surface area contributed by atoms with Crippen LogP contribution in [0, 0.1) is 5.92 Å². The molecule has 0 atom stereocenters. The molecule has 0 bridgehead atoms. The molecule has 6 heteroatoms. The number of carbonyl (C=O) groups excluding carboxylic acids is 1. The van der Waals surface area contributed by atoms with E-state index < -0.39 is 12.3 Å². The smallest absolute Gasteiger partial charge is 0.628 e. The van der Waals surface area contributed by atoms with Crippen LogP contribution in [0.4, 0.5) is 9.37 Å². The van der Waals surface area contributed by atoms with Crippen LogP contribution in [0.2, 0.25) is 0 Å². The van der Waals surface area contributed by atoms with Gasteiger partial charge in [-0.25, -0.2) is 4.74 Å². The summed E-state index contributed by atoms with van der Waals surface area (Å²) >= 11 is 0. The topological polar surface area (TPSA) is 90.1 Å². The van der Waals surface area contributed by atoms with Gasteiger partial charge in [-0.1, -0.05) is 39.5 Å². The normalized spacial score (nSPS) is 11.6. The lowest BCUT2D eigenvalue weighted by Crippen LogP contribution is -2.15. The van der Waals surface area contributed by atoms with E-state index in [1.54, 1.807) is 0 Å². The minimum absolute atomic E-state index is 0.216. The van der Waals surface area contributed by atoms with Crippen molar-refractivity contribution in [1.29, 1.82) is 0 Å². The Labute approximate surface area is 107 Å². The lowest BCUT2D eigenvalue weighted by Gasteiger charge is -2.10. The van der Waals surface area contributed by atoms with Crippen molar-refractivity contribution in [2.24, 2.45) is 5.92 Å². The van der Waals surface area contributed by atoms with Gasteiger partial charge in [0.15, 0.2) is 6.61 Å². The molecular formula is C12H22O6. The van der Waals surface area contributed by atoms with Crippen molar-refractivity contribution >= 4 is 12.3 Å². The SMILES string of the molecule is CCC(CC)CCCCCOC(OC(=O)O)=[O+][O-]. The third kappa shape index (κ3) is 8.66. The highest BCUT2D eigenvalue weighted by molar-refractivity contribution is 5.75. The second kappa shape index (κ2) is 10.7. The molecule has 0 spiro atoms. The van der Waals surface area contributed by atoms with Crippen LogP contribution in [0.15, 0.2) is 0 Å². The largest absolute Gasteiger partial charge is 0.735 e. The van der Waals surface area contributed by atoms with Gasteiger partial charge in [0.1, 0.15) is 0 Å². The predicted molar refractivity (Wildman–Crippen MR) is 63.0 cm³/mol. The number of rotatable bonds is 8. The molecule has 0 aliphatic carbocycles. The third-order valence-corrected chi connectivity index (χ3v) is 2.87. The van der Waals surface area contributed by atoms with Gasteiger partial charge in [-0.2, -0.15) is 4.79 Å². The highest BCUT2D eigenvalue weighted by Crippen LogP contribution is 2.16. The van der Waals surface area contributed by atoms with Crippen molar-refractivity contribution in [3.8, 4) is 0 Å². The molecule has 0 unspecified atom stereocenters. The van der Waals surface area contributed by atoms with Crippen LogP contribution >= 0.6 is 0 Å². The second-order valence-electron chi connectivity index (χ2n) is 4.08. The Morgan fingerprint density at radius 2 is 1.94 bits per heavy atom. The summed E-state index contributed by atoms with van der Waals surface area (Å²) in [5, 5.41) is 18.2. The number of hydrogen-bond acceptors (Lipinski definition) is 4. The van der Waals surface area contributed by atoms with Crippen molar-refractivity contribution in [2.45, 2.75) is 52.4 Å². The summed E-state index contributed by atoms with van der Waals surface area (Å²) in [7, 11) is 0. The molecule has 0 aromatic rings. The Morgan fingerprint density at radius 3 is 2.44 bits per heavy atom. The summed E-state index contributed by atoms with van der Waals surface area (Å²) in [6.07, 6.45) is 3.89. The van der Waals surface area contributed by atoms with Gasteiger partial charge in [0.25, 0.3) is 0 Å². The fraction of sp³-hybridized carbons (Fsp3) is 0.833. The van der Waals surface area contributed by atoms with Crippen LogP contribution in [0.3, 0.4) is 0 Å². The molecular weight excluding hydrogens is 240 g/mol. The average molecular weight is 262 g/mol. The highest BCUT2D eigenvalue weighted by atomic mass is 17.1. The van der Waals surface area contributed by atoms with E-state index in [1.807, 2.05) is 0 Å². The van der Waals surface area contributed by atoms with Crippen molar-refractivity contribution in [3.05, 3.63) is 0 Å². The van der Waals surface area contributed by atoms with Crippen LogP contribution in [-0.4, -0.2) is 24.0 Å². The zero-order valence-corrected chi connectivity index (χ0v) is 11.0. The van der Waals surface area contributed by atoms with E-state index in [-0.39, 0.29) is 6.61 Å². The first-order chi connectivity index (χ1) is 8.63. The zero-order valence-electron chi connectivity index (χ0n) is 11.0. The Hall–Kier alpha value is -1.46. The van der Waals surface area contributed by atoms with Crippen molar-refractivity contribution < 1.29 is 29.2 Å². The summed E-state index contributed by atoms with van der Waals surface area (Å²) in [5.74, 6) is 0.772. The van der Waals surface area contributed by atoms with Crippen LogP contribution in [0.5, 0.6) is 0 Å². The molecule has 1 N–H and O–H groups in total. The minimum atomic E-state index is -1.63. The van der Waals surface area contributed by atoms with Gasteiger partial charge in [-0.3, -0.25) is 4.58 Å². The molecule has 0 saturated heterocycles. The molecule has 0 amide bonds. The highest BCUT2D eigenvalue weighted by Gasteiger charge is 2.22. The van der Waals surface area contributed by atoms with Gasteiger partial charge >= 0.3 is 12.3 Å². The van der Waals surface area contributed by atoms with Crippen molar-refractivity contribution in [2.75, 3.05) is 6.61 Å². The molecule has 106 valence electrons. The van der Waals surface area contributed by atoms with Gasteiger partial charge in [-0.15, -0.1) is 0 Å². The van der Waals surface area contributed by atoms with E-state index >= 15 is 0 Å². The quantitative estimate of drug-likeness (QED) is 0.181. The number of hydrogen-bond donors (Lipinski definition) is 1. The fourth-order valence-electron chi connectivity index (χ4n) is 1.71. The fourth-order valence-corrected chi connectivity index (χ4v) is 1.71. The zero-order chi connectivity index (χ0) is 13.8. The van der Waals surface area contributed by atoms with Gasteiger partial charge in [0.05, 0.1) is 0 Å².